The van der Waals surface area contributed by atoms with Crippen molar-refractivity contribution in [3.05, 3.63) is 53.5 Å². The Kier molecular flexibility index (Phi) is 3.99. The van der Waals surface area contributed by atoms with E-state index in [-0.39, 0.29) is 4.21 Å². The second-order valence-corrected chi connectivity index (χ2v) is 8.26. The van der Waals surface area contributed by atoms with Gasteiger partial charge in [-0.25, -0.2) is 13.4 Å². The smallest absolute Gasteiger partial charge is 0.271 e. The Morgan fingerprint density at radius 2 is 1.87 bits per heavy atom. The molecule has 0 unspecified atom stereocenters. The quantitative estimate of drug-likeness (QED) is 0.769. The van der Waals surface area contributed by atoms with Crippen LogP contribution in [0.25, 0.3) is 10.6 Å². The first-order chi connectivity index (χ1) is 10.8. The standard InChI is InChI=1S/C16H16N2O3S2/c1-10-4-5-13(8-11(10)2)18-23(19,20)16-7-6-15(22-16)14-9-17-12(3)21-14/h4-9,18H,1-3H3. The second kappa shape index (κ2) is 5.82. The number of oxazole rings is 1. The van der Waals surface area contributed by atoms with E-state index in [4.69, 9.17) is 4.42 Å². The molecule has 0 fully saturated rings. The molecule has 0 spiro atoms. The summed E-state index contributed by atoms with van der Waals surface area (Å²) < 4.78 is 33.3. The molecule has 120 valence electrons. The molecule has 3 rings (SSSR count). The molecule has 0 aliphatic rings. The highest BCUT2D eigenvalue weighted by atomic mass is 32.2. The Balaban J connectivity index is 1.88. The minimum Gasteiger partial charge on any atom is -0.440 e. The molecule has 23 heavy (non-hydrogen) atoms. The van der Waals surface area contributed by atoms with E-state index in [9.17, 15) is 8.42 Å². The van der Waals surface area contributed by atoms with E-state index in [1.54, 1.807) is 31.3 Å². The number of benzene rings is 1. The fraction of sp³-hybridized carbons (Fsp3) is 0.188. The number of anilines is 1. The van der Waals surface area contributed by atoms with Gasteiger partial charge in [0.05, 0.1) is 11.1 Å². The highest BCUT2D eigenvalue weighted by Gasteiger charge is 2.19. The highest BCUT2D eigenvalue weighted by Crippen LogP contribution is 2.32. The third-order valence-electron chi connectivity index (χ3n) is 3.47. The van der Waals surface area contributed by atoms with Gasteiger partial charge in [-0.3, -0.25) is 4.72 Å². The molecule has 0 bridgehead atoms. The predicted octanol–water partition coefficient (Wildman–Crippen LogP) is 4.13. The van der Waals surface area contributed by atoms with E-state index in [2.05, 4.69) is 9.71 Å². The van der Waals surface area contributed by atoms with Crippen LogP contribution in [0.1, 0.15) is 17.0 Å². The van der Waals surface area contributed by atoms with Crippen molar-refractivity contribution in [2.24, 2.45) is 0 Å². The third-order valence-corrected chi connectivity index (χ3v) is 6.44. The van der Waals surface area contributed by atoms with Gasteiger partial charge in [0.15, 0.2) is 11.7 Å². The van der Waals surface area contributed by atoms with Crippen LogP contribution in [-0.4, -0.2) is 13.4 Å². The van der Waals surface area contributed by atoms with Crippen molar-refractivity contribution in [3.8, 4) is 10.6 Å². The molecule has 0 amide bonds. The fourth-order valence-electron chi connectivity index (χ4n) is 2.08. The van der Waals surface area contributed by atoms with E-state index in [0.29, 0.717) is 17.3 Å². The maximum atomic E-state index is 12.5. The lowest BCUT2D eigenvalue weighted by Crippen LogP contribution is -2.11. The van der Waals surface area contributed by atoms with Crippen molar-refractivity contribution < 1.29 is 12.8 Å². The normalized spacial score (nSPS) is 11.6. The maximum Gasteiger partial charge on any atom is 0.271 e. The van der Waals surface area contributed by atoms with Gasteiger partial charge >= 0.3 is 0 Å². The first kappa shape index (κ1) is 15.8. The monoisotopic (exact) mass is 348 g/mol. The summed E-state index contributed by atoms with van der Waals surface area (Å²) in [5.41, 5.74) is 2.71. The van der Waals surface area contributed by atoms with Gasteiger partial charge in [0.2, 0.25) is 0 Å². The van der Waals surface area contributed by atoms with Crippen LogP contribution in [0.2, 0.25) is 0 Å². The van der Waals surface area contributed by atoms with Crippen molar-refractivity contribution >= 4 is 27.0 Å². The molecular weight excluding hydrogens is 332 g/mol. The summed E-state index contributed by atoms with van der Waals surface area (Å²) >= 11 is 1.15. The Labute approximate surface area is 139 Å². The van der Waals surface area contributed by atoms with Gasteiger partial charge in [0, 0.05) is 12.6 Å². The van der Waals surface area contributed by atoms with Crippen molar-refractivity contribution in [2.45, 2.75) is 25.0 Å². The molecule has 1 aromatic carbocycles. The zero-order valence-electron chi connectivity index (χ0n) is 13.0. The summed E-state index contributed by atoms with van der Waals surface area (Å²) in [7, 11) is -3.62. The largest absolute Gasteiger partial charge is 0.440 e. The molecule has 0 aliphatic carbocycles. The average Bonchev–Trinajstić information content (AvgIpc) is 3.11. The van der Waals surface area contributed by atoms with Crippen LogP contribution in [0.15, 0.2) is 45.2 Å². The number of nitrogens with zero attached hydrogens (tertiary/aromatic N) is 1. The number of hydrogen-bond acceptors (Lipinski definition) is 5. The number of hydrogen-bond donors (Lipinski definition) is 1. The number of aryl methyl sites for hydroxylation is 3. The minimum atomic E-state index is -3.62. The molecule has 0 aliphatic heterocycles. The molecule has 5 nitrogen and oxygen atoms in total. The third kappa shape index (κ3) is 3.30. The Morgan fingerprint density at radius 1 is 1.09 bits per heavy atom. The van der Waals surface area contributed by atoms with Crippen molar-refractivity contribution in [2.75, 3.05) is 4.72 Å². The summed E-state index contributed by atoms with van der Waals surface area (Å²) in [5, 5.41) is 0. The maximum absolute atomic E-state index is 12.5. The van der Waals surface area contributed by atoms with Crippen LogP contribution < -0.4 is 4.72 Å². The van der Waals surface area contributed by atoms with E-state index >= 15 is 0 Å². The summed E-state index contributed by atoms with van der Waals surface area (Å²) in [6, 6.07) is 8.76. The molecule has 2 aromatic heterocycles. The first-order valence-electron chi connectivity index (χ1n) is 6.98. The zero-order chi connectivity index (χ0) is 16.6. The molecule has 1 N–H and O–H groups in total. The van der Waals surface area contributed by atoms with Crippen LogP contribution >= 0.6 is 11.3 Å². The number of nitrogens with one attached hydrogen (secondary N) is 1. The van der Waals surface area contributed by atoms with Gasteiger partial charge in [-0.15, -0.1) is 11.3 Å². The second-order valence-electron chi connectivity index (χ2n) is 5.27. The molecule has 0 radical (unpaired) electrons. The fourth-order valence-corrected chi connectivity index (χ4v) is 4.38. The minimum absolute atomic E-state index is 0.236. The summed E-state index contributed by atoms with van der Waals surface area (Å²) in [6.07, 6.45) is 1.59. The molecule has 7 heteroatoms. The summed E-state index contributed by atoms with van der Waals surface area (Å²) in [6.45, 7) is 5.68. The lowest BCUT2D eigenvalue weighted by molar-refractivity contribution is 0.535. The highest BCUT2D eigenvalue weighted by molar-refractivity contribution is 7.94. The first-order valence-corrected chi connectivity index (χ1v) is 9.28. The summed E-state index contributed by atoms with van der Waals surface area (Å²) in [5.74, 6) is 1.12. The molecule has 0 saturated carbocycles. The summed E-state index contributed by atoms with van der Waals surface area (Å²) in [4.78, 5) is 4.75. The molecule has 3 aromatic rings. The van der Waals surface area contributed by atoms with E-state index in [1.807, 2.05) is 26.0 Å². The SMILES string of the molecule is Cc1ncc(-c2ccc(S(=O)(=O)Nc3ccc(C)c(C)c3)s2)o1. The van der Waals surface area contributed by atoms with Gasteiger partial charge in [0.25, 0.3) is 10.0 Å². The lowest BCUT2D eigenvalue weighted by Gasteiger charge is -2.08. The number of sulfonamides is 1. The topological polar surface area (TPSA) is 72.2 Å². The molecule has 2 heterocycles. The molecule has 0 saturated heterocycles. The number of rotatable bonds is 4. The Bertz CT molecular complexity index is 955. The van der Waals surface area contributed by atoms with Gasteiger partial charge in [-0.1, -0.05) is 6.07 Å². The van der Waals surface area contributed by atoms with Gasteiger partial charge in [-0.2, -0.15) is 0 Å². The average molecular weight is 348 g/mol. The van der Waals surface area contributed by atoms with Crippen molar-refractivity contribution in [3.63, 3.8) is 0 Å². The van der Waals surface area contributed by atoms with Gasteiger partial charge in [-0.05, 0) is 49.2 Å². The van der Waals surface area contributed by atoms with Crippen LogP contribution in [-0.2, 0) is 10.0 Å². The predicted molar refractivity (Wildman–Crippen MR) is 91.3 cm³/mol. The lowest BCUT2D eigenvalue weighted by atomic mass is 10.1. The zero-order valence-corrected chi connectivity index (χ0v) is 14.6. The van der Waals surface area contributed by atoms with Crippen LogP contribution in [0, 0.1) is 20.8 Å². The number of aromatic nitrogens is 1. The van der Waals surface area contributed by atoms with Gasteiger partial charge in [0.1, 0.15) is 4.21 Å². The molecular formula is C16H16N2O3S2. The van der Waals surface area contributed by atoms with Crippen LogP contribution in [0.4, 0.5) is 5.69 Å². The Morgan fingerprint density at radius 3 is 2.52 bits per heavy atom. The van der Waals surface area contributed by atoms with Crippen LogP contribution in [0.3, 0.4) is 0 Å². The van der Waals surface area contributed by atoms with Crippen molar-refractivity contribution in [1.82, 2.24) is 4.98 Å². The number of thiophene rings is 1. The van der Waals surface area contributed by atoms with E-state index in [1.165, 1.54) is 0 Å². The van der Waals surface area contributed by atoms with Crippen molar-refractivity contribution in [1.29, 1.82) is 0 Å². The molecule has 0 atom stereocenters. The Hall–Kier alpha value is -2.12. The van der Waals surface area contributed by atoms with E-state index in [0.717, 1.165) is 27.3 Å². The van der Waals surface area contributed by atoms with Crippen LogP contribution in [0.5, 0.6) is 0 Å². The van der Waals surface area contributed by atoms with E-state index < -0.39 is 10.0 Å². The van der Waals surface area contributed by atoms with Gasteiger partial charge < -0.3 is 4.42 Å².